The van der Waals surface area contributed by atoms with Crippen LogP contribution in [0.5, 0.6) is 5.75 Å². The molecule has 6 heteroatoms. The second-order valence-corrected chi connectivity index (χ2v) is 6.40. The van der Waals surface area contributed by atoms with Gasteiger partial charge in [-0.25, -0.2) is 9.50 Å². The van der Waals surface area contributed by atoms with Crippen molar-refractivity contribution in [2.75, 3.05) is 12.4 Å². The maximum Gasteiger partial charge on any atom is 0.253 e. The van der Waals surface area contributed by atoms with Gasteiger partial charge < -0.3 is 4.74 Å². The summed E-state index contributed by atoms with van der Waals surface area (Å²) in [6.07, 6.45) is 1.04. The lowest BCUT2D eigenvalue weighted by molar-refractivity contribution is 0.344. The third-order valence-corrected chi connectivity index (χ3v) is 4.32. The van der Waals surface area contributed by atoms with Crippen LogP contribution in [0.3, 0.4) is 0 Å². The molecule has 5 nitrogen and oxygen atoms in total. The van der Waals surface area contributed by atoms with Crippen molar-refractivity contribution in [3.63, 3.8) is 0 Å². The summed E-state index contributed by atoms with van der Waals surface area (Å²) in [4.78, 5) is 8.84. The van der Waals surface area contributed by atoms with Crippen molar-refractivity contribution in [1.82, 2.24) is 19.6 Å². The van der Waals surface area contributed by atoms with Gasteiger partial charge in [0.1, 0.15) is 5.75 Å². The van der Waals surface area contributed by atoms with Crippen molar-refractivity contribution < 1.29 is 4.74 Å². The van der Waals surface area contributed by atoms with Crippen LogP contribution >= 0.6 is 11.8 Å². The molecule has 2 heterocycles. The summed E-state index contributed by atoms with van der Waals surface area (Å²) in [6.45, 7) is 6.74. The van der Waals surface area contributed by atoms with Crippen LogP contribution in [-0.4, -0.2) is 31.9 Å². The summed E-state index contributed by atoms with van der Waals surface area (Å²) in [5.74, 6) is 2.35. The highest BCUT2D eigenvalue weighted by atomic mass is 32.2. The Kier molecular flexibility index (Phi) is 4.81. The monoisotopic (exact) mass is 328 g/mol. The normalized spacial score (nSPS) is 11.1. The lowest BCUT2D eigenvalue weighted by Gasteiger charge is -2.05. The molecule has 2 aromatic heterocycles. The summed E-state index contributed by atoms with van der Waals surface area (Å²) in [5.41, 5.74) is 3.32. The van der Waals surface area contributed by atoms with E-state index >= 15 is 0 Å². The van der Waals surface area contributed by atoms with Crippen LogP contribution in [0.1, 0.15) is 23.9 Å². The van der Waals surface area contributed by atoms with Crippen LogP contribution in [0, 0.1) is 13.8 Å². The van der Waals surface area contributed by atoms with Gasteiger partial charge in [-0.15, -0.1) is 5.10 Å². The Bertz CT molecular complexity index is 798. The molecule has 3 aromatic rings. The van der Waals surface area contributed by atoms with Crippen LogP contribution in [-0.2, 0) is 6.42 Å². The van der Waals surface area contributed by atoms with Gasteiger partial charge in [0.25, 0.3) is 5.78 Å². The predicted molar refractivity (Wildman–Crippen MR) is 92.3 cm³/mol. The van der Waals surface area contributed by atoms with E-state index in [0.29, 0.717) is 12.4 Å². The number of thioether (sulfide) groups is 1. The van der Waals surface area contributed by atoms with Crippen LogP contribution in [0.25, 0.3) is 5.78 Å². The Labute approximate surface area is 140 Å². The minimum atomic E-state index is 0.622. The van der Waals surface area contributed by atoms with Crippen molar-refractivity contribution in [3.05, 3.63) is 47.3 Å². The van der Waals surface area contributed by atoms with Gasteiger partial charge >= 0.3 is 0 Å². The molecule has 3 rings (SSSR count). The summed E-state index contributed by atoms with van der Waals surface area (Å²) in [6, 6.07) is 10.2. The number of aromatic nitrogens is 4. The standard InChI is InChI=1S/C17H20N4OS/c1-4-14-5-7-15(8-6-14)22-9-10-23-17-19-16-18-12(2)11-13(3)21(16)20-17/h5-8,11H,4,9-10H2,1-3H3. The van der Waals surface area contributed by atoms with E-state index in [2.05, 4.69) is 34.1 Å². The first-order valence-electron chi connectivity index (χ1n) is 7.71. The van der Waals surface area contributed by atoms with Gasteiger partial charge in [0.05, 0.1) is 6.61 Å². The molecule has 0 unspecified atom stereocenters. The maximum absolute atomic E-state index is 5.75. The van der Waals surface area contributed by atoms with Crippen LogP contribution < -0.4 is 4.74 Å². The van der Waals surface area contributed by atoms with Gasteiger partial charge in [0, 0.05) is 17.1 Å². The molecule has 1 aromatic carbocycles. The Morgan fingerprint density at radius 3 is 2.65 bits per heavy atom. The number of fused-ring (bicyclic) bond motifs is 1. The minimum Gasteiger partial charge on any atom is -0.493 e. The van der Waals surface area contributed by atoms with Gasteiger partial charge in [0.2, 0.25) is 5.16 Å². The molecule has 0 spiro atoms. The minimum absolute atomic E-state index is 0.622. The molecule has 0 amide bonds. The number of hydrogen-bond donors (Lipinski definition) is 0. The third-order valence-electron chi connectivity index (χ3n) is 3.51. The number of nitrogens with zero attached hydrogens (tertiary/aromatic N) is 4. The smallest absolute Gasteiger partial charge is 0.253 e. The van der Waals surface area contributed by atoms with Crippen molar-refractivity contribution in [1.29, 1.82) is 0 Å². The van der Waals surface area contributed by atoms with E-state index in [1.807, 2.05) is 32.0 Å². The van der Waals surface area contributed by atoms with E-state index in [0.717, 1.165) is 34.5 Å². The van der Waals surface area contributed by atoms with Crippen LogP contribution in [0.2, 0.25) is 0 Å². The maximum atomic E-state index is 5.75. The van der Waals surface area contributed by atoms with Crippen molar-refractivity contribution in [2.45, 2.75) is 32.3 Å². The van der Waals surface area contributed by atoms with Crippen LogP contribution in [0.15, 0.2) is 35.5 Å². The van der Waals surface area contributed by atoms with Gasteiger partial charge in [-0.2, -0.15) is 4.98 Å². The predicted octanol–water partition coefficient (Wildman–Crippen LogP) is 3.47. The van der Waals surface area contributed by atoms with Crippen molar-refractivity contribution in [2.24, 2.45) is 0 Å². The Hall–Kier alpha value is -2.08. The molecule has 0 radical (unpaired) electrons. The number of aryl methyl sites for hydroxylation is 3. The topological polar surface area (TPSA) is 52.3 Å². The van der Waals surface area contributed by atoms with Gasteiger partial charge in [-0.1, -0.05) is 30.8 Å². The molecule has 120 valence electrons. The van der Waals surface area contributed by atoms with E-state index in [1.54, 1.807) is 16.3 Å². The fourth-order valence-electron chi connectivity index (χ4n) is 2.32. The Balaban J connectivity index is 1.55. The fourth-order valence-corrected chi connectivity index (χ4v) is 2.96. The fraction of sp³-hybridized carbons (Fsp3) is 0.353. The molecular formula is C17H20N4OS. The SMILES string of the molecule is CCc1ccc(OCCSc2nc3nc(C)cc(C)n3n2)cc1. The summed E-state index contributed by atoms with van der Waals surface area (Å²) >= 11 is 1.58. The highest BCUT2D eigenvalue weighted by Gasteiger charge is 2.08. The highest BCUT2D eigenvalue weighted by molar-refractivity contribution is 7.99. The first-order valence-corrected chi connectivity index (χ1v) is 8.70. The van der Waals surface area contributed by atoms with E-state index in [9.17, 15) is 0 Å². The van der Waals surface area contributed by atoms with E-state index in [4.69, 9.17) is 4.74 Å². The van der Waals surface area contributed by atoms with Gasteiger partial charge in [0.15, 0.2) is 0 Å². The molecule has 0 aliphatic heterocycles. The van der Waals surface area contributed by atoms with Crippen LogP contribution in [0.4, 0.5) is 0 Å². The lowest BCUT2D eigenvalue weighted by Crippen LogP contribution is -2.00. The lowest BCUT2D eigenvalue weighted by atomic mass is 10.2. The summed E-state index contributed by atoms with van der Waals surface area (Å²) < 4.78 is 7.52. The molecule has 0 aliphatic rings. The molecule has 0 fully saturated rings. The molecule has 0 N–H and O–H groups in total. The van der Waals surface area contributed by atoms with Gasteiger partial charge in [-0.3, -0.25) is 0 Å². The molecular weight excluding hydrogens is 308 g/mol. The van der Waals surface area contributed by atoms with E-state index in [1.165, 1.54) is 5.56 Å². The van der Waals surface area contributed by atoms with E-state index < -0.39 is 0 Å². The zero-order chi connectivity index (χ0) is 16.2. The molecule has 0 saturated carbocycles. The van der Waals surface area contributed by atoms with Crippen molar-refractivity contribution in [3.8, 4) is 5.75 Å². The Morgan fingerprint density at radius 2 is 1.91 bits per heavy atom. The average molecular weight is 328 g/mol. The molecule has 0 bridgehead atoms. The second kappa shape index (κ2) is 7.00. The third kappa shape index (κ3) is 3.82. The molecule has 23 heavy (non-hydrogen) atoms. The number of ether oxygens (including phenoxy) is 1. The number of benzene rings is 1. The first-order chi connectivity index (χ1) is 11.2. The van der Waals surface area contributed by atoms with Crippen molar-refractivity contribution >= 4 is 17.5 Å². The summed E-state index contributed by atoms with van der Waals surface area (Å²) in [5, 5.41) is 5.20. The highest BCUT2D eigenvalue weighted by Crippen LogP contribution is 2.17. The first kappa shape index (κ1) is 15.8. The molecule has 0 atom stereocenters. The quantitative estimate of drug-likeness (QED) is 0.512. The van der Waals surface area contributed by atoms with Gasteiger partial charge in [-0.05, 0) is 44.0 Å². The van der Waals surface area contributed by atoms with E-state index in [-0.39, 0.29) is 0 Å². The number of hydrogen-bond acceptors (Lipinski definition) is 5. The molecule has 0 saturated heterocycles. The Morgan fingerprint density at radius 1 is 1.13 bits per heavy atom. The average Bonchev–Trinajstić information content (AvgIpc) is 2.95. The summed E-state index contributed by atoms with van der Waals surface area (Å²) in [7, 11) is 0. The zero-order valence-electron chi connectivity index (χ0n) is 13.6. The largest absolute Gasteiger partial charge is 0.493 e. The second-order valence-electron chi connectivity index (χ2n) is 5.34. The molecule has 0 aliphatic carbocycles. The number of rotatable bonds is 6. The zero-order valence-corrected chi connectivity index (χ0v) is 14.4.